The first-order valence-electron chi connectivity index (χ1n) is 8.05. The van der Waals surface area contributed by atoms with E-state index in [2.05, 4.69) is 25.9 Å². The van der Waals surface area contributed by atoms with Gasteiger partial charge in [0.15, 0.2) is 0 Å². The average molecular weight is 378 g/mol. The number of aromatic nitrogens is 2. The Morgan fingerprint density at radius 2 is 1.96 bits per heavy atom. The molecule has 1 aromatic carbocycles. The van der Waals surface area contributed by atoms with Crippen molar-refractivity contribution in [2.45, 2.75) is 26.4 Å². The molecule has 0 atom stereocenters. The van der Waals surface area contributed by atoms with Crippen LogP contribution in [0.3, 0.4) is 0 Å². The molecule has 1 heterocycles. The normalized spacial score (nSPS) is 11.2. The number of nitrogen functional groups attached to an aromatic ring is 1. The van der Waals surface area contributed by atoms with Gasteiger partial charge in [0.2, 0.25) is 5.95 Å². The highest BCUT2D eigenvalue weighted by Gasteiger charge is 2.16. The lowest BCUT2D eigenvalue weighted by Gasteiger charge is -2.21. The Morgan fingerprint density at radius 3 is 2.54 bits per heavy atom. The zero-order chi connectivity index (χ0) is 19.5. The van der Waals surface area contributed by atoms with Crippen molar-refractivity contribution in [3.05, 3.63) is 29.3 Å². The number of benzene rings is 1. The number of hydrogen-bond donors (Lipinski definition) is 6. The van der Waals surface area contributed by atoms with Gasteiger partial charge >= 0.3 is 0 Å². The summed E-state index contributed by atoms with van der Waals surface area (Å²) in [5.74, 6) is 0.769. The predicted molar refractivity (Wildman–Crippen MR) is 108 cm³/mol. The van der Waals surface area contributed by atoms with Crippen molar-refractivity contribution in [2.75, 3.05) is 35.3 Å². The van der Waals surface area contributed by atoms with E-state index in [1.807, 2.05) is 25.1 Å². The smallest absolute Gasteiger partial charge is 0.231 e. The van der Waals surface area contributed by atoms with Crippen LogP contribution in [0.5, 0.6) is 0 Å². The quantitative estimate of drug-likeness (QED) is 0.409. The molecule has 0 bridgehead atoms. The summed E-state index contributed by atoms with van der Waals surface area (Å²) in [5.41, 5.74) is 7.98. The molecule has 0 aliphatic carbocycles. The molecule has 0 aliphatic heterocycles. The molecule has 0 saturated carbocycles. The van der Waals surface area contributed by atoms with Gasteiger partial charge in [-0.25, -0.2) is 0 Å². The summed E-state index contributed by atoms with van der Waals surface area (Å²) in [5, 5.41) is 26.5. The summed E-state index contributed by atoms with van der Waals surface area (Å²) in [6, 6.07) is 5.70. The molecule has 9 heteroatoms. The molecule has 26 heavy (non-hydrogen) atoms. The highest BCUT2D eigenvalue weighted by molar-refractivity contribution is 6.69. The number of nitrogens with one attached hydrogen (secondary N) is 4. The number of halogens is 1. The van der Waals surface area contributed by atoms with Gasteiger partial charge in [0.1, 0.15) is 16.8 Å². The minimum Gasteiger partial charge on any atom is -0.389 e. The third-order valence-electron chi connectivity index (χ3n) is 3.69. The summed E-state index contributed by atoms with van der Waals surface area (Å²) in [7, 11) is 1.67. The lowest BCUT2D eigenvalue weighted by molar-refractivity contribution is 0.0945. The molecule has 0 aliphatic rings. The fourth-order valence-corrected chi connectivity index (χ4v) is 2.51. The third-order valence-corrected chi connectivity index (χ3v) is 3.87. The van der Waals surface area contributed by atoms with Crippen LogP contribution in [0.25, 0.3) is 0 Å². The van der Waals surface area contributed by atoms with Crippen LogP contribution >= 0.6 is 11.6 Å². The van der Waals surface area contributed by atoms with Gasteiger partial charge in [-0.1, -0.05) is 17.7 Å². The number of anilines is 5. The number of hydrogen-bond acceptors (Lipinski definition) is 8. The number of rotatable bonds is 7. The van der Waals surface area contributed by atoms with E-state index < -0.39 is 5.60 Å². The molecule has 8 nitrogen and oxygen atoms in total. The molecule has 1 aromatic heterocycles. The van der Waals surface area contributed by atoms with Crippen molar-refractivity contribution in [3.63, 3.8) is 0 Å². The molecular formula is C17H24ClN7O. The van der Waals surface area contributed by atoms with Gasteiger partial charge in [0.05, 0.1) is 11.2 Å². The molecule has 2 aromatic rings. The van der Waals surface area contributed by atoms with E-state index in [4.69, 9.17) is 22.7 Å². The van der Waals surface area contributed by atoms with Crippen LogP contribution in [-0.4, -0.2) is 39.4 Å². The number of aliphatic hydroxyl groups is 1. The maximum atomic E-state index is 9.89. The van der Waals surface area contributed by atoms with Crippen LogP contribution in [-0.2, 0) is 0 Å². The summed E-state index contributed by atoms with van der Waals surface area (Å²) >= 11 is 5.76. The van der Waals surface area contributed by atoms with Gasteiger partial charge in [-0.3, -0.25) is 5.41 Å². The molecule has 0 spiro atoms. The van der Waals surface area contributed by atoms with Crippen LogP contribution in [0, 0.1) is 12.3 Å². The minimum atomic E-state index is -0.822. The molecule has 7 N–H and O–H groups in total. The maximum Gasteiger partial charge on any atom is 0.231 e. The maximum absolute atomic E-state index is 9.89. The van der Waals surface area contributed by atoms with Crippen molar-refractivity contribution in [1.82, 2.24) is 9.97 Å². The van der Waals surface area contributed by atoms with E-state index in [-0.39, 0.29) is 22.5 Å². The summed E-state index contributed by atoms with van der Waals surface area (Å²) in [6.45, 7) is 5.84. The molecular weight excluding hydrogens is 354 g/mol. The number of nitrogens with two attached hydrogens (primary N) is 1. The zero-order valence-electron chi connectivity index (χ0n) is 15.2. The van der Waals surface area contributed by atoms with Crippen molar-refractivity contribution < 1.29 is 5.11 Å². The van der Waals surface area contributed by atoms with Crippen LogP contribution in [0.2, 0.25) is 0 Å². The molecule has 140 valence electrons. The zero-order valence-corrected chi connectivity index (χ0v) is 16.0. The van der Waals surface area contributed by atoms with Gasteiger partial charge in [-0.2, -0.15) is 9.97 Å². The van der Waals surface area contributed by atoms with Gasteiger partial charge in [0.25, 0.3) is 0 Å². The Morgan fingerprint density at radius 1 is 1.31 bits per heavy atom. The second-order valence-corrected chi connectivity index (χ2v) is 6.87. The second-order valence-electron chi connectivity index (χ2n) is 6.49. The van der Waals surface area contributed by atoms with Crippen LogP contribution < -0.4 is 21.7 Å². The van der Waals surface area contributed by atoms with Gasteiger partial charge in [0, 0.05) is 25.0 Å². The lowest BCUT2D eigenvalue weighted by atomic mass is 10.1. The van der Waals surface area contributed by atoms with Crippen LogP contribution in [0.15, 0.2) is 18.2 Å². The van der Waals surface area contributed by atoms with E-state index in [0.717, 1.165) is 16.9 Å². The molecule has 0 amide bonds. The third kappa shape index (κ3) is 4.74. The van der Waals surface area contributed by atoms with Gasteiger partial charge in [-0.05, 0) is 38.5 Å². The Labute approximate surface area is 157 Å². The summed E-state index contributed by atoms with van der Waals surface area (Å²) in [4.78, 5) is 8.51. The Hall–Kier alpha value is -2.58. The minimum absolute atomic E-state index is 0.112. The van der Waals surface area contributed by atoms with E-state index in [1.165, 1.54) is 0 Å². The average Bonchev–Trinajstić information content (AvgIpc) is 2.53. The van der Waals surface area contributed by atoms with Crippen molar-refractivity contribution in [2.24, 2.45) is 0 Å². The van der Waals surface area contributed by atoms with Crippen molar-refractivity contribution >= 4 is 45.7 Å². The Bertz CT molecular complexity index is 817. The van der Waals surface area contributed by atoms with E-state index in [0.29, 0.717) is 12.4 Å². The second kappa shape index (κ2) is 7.76. The SMILES string of the molecule is CNc1nc(Nc2cccc(NCC(C)(C)O)c2C)nc(N)c1C(=N)Cl. The van der Waals surface area contributed by atoms with Crippen LogP contribution in [0.4, 0.5) is 29.0 Å². The number of nitrogens with zero attached hydrogens (tertiary/aromatic N) is 2. The van der Waals surface area contributed by atoms with Crippen molar-refractivity contribution in [1.29, 1.82) is 5.41 Å². The lowest BCUT2D eigenvalue weighted by Crippen LogP contribution is -2.29. The molecule has 0 radical (unpaired) electrons. The largest absolute Gasteiger partial charge is 0.389 e. The Kier molecular flexibility index (Phi) is 5.89. The Balaban J connectivity index is 2.31. The first-order chi connectivity index (χ1) is 12.1. The summed E-state index contributed by atoms with van der Waals surface area (Å²) < 4.78 is 0. The monoisotopic (exact) mass is 377 g/mol. The molecule has 0 unspecified atom stereocenters. The van der Waals surface area contributed by atoms with Gasteiger partial charge in [-0.15, -0.1) is 0 Å². The van der Waals surface area contributed by atoms with E-state index in [1.54, 1.807) is 20.9 Å². The topological polar surface area (TPSA) is 132 Å². The van der Waals surface area contributed by atoms with Gasteiger partial charge < -0.3 is 26.8 Å². The summed E-state index contributed by atoms with van der Waals surface area (Å²) in [6.07, 6.45) is 0. The molecule has 0 saturated heterocycles. The molecule has 0 fully saturated rings. The first kappa shape index (κ1) is 19.7. The standard InChI is InChI=1S/C17H24ClN7O/c1-9-10(22-8-17(2,3)26)6-5-7-11(9)23-16-24-14(20)12(13(18)19)15(21-4)25-16/h5-7,19,22,26H,8H2,1-4H3,(H4,20,21,23,24,25). The van der Waals surface area contributed by atoms with Crippen LogP contribution in [0.1, 0.15) is 25.0 Å². The highest BCUT2D eigenvalue weighted by atomic mass is 35.5. The highest BCUT2D eigenvalue weighted by Crippen LogP contribution is 2.28. The van der Waals surface area contributed by atoms with Crippen molar-refractivity contribution in [3.8, 4) is 0 Å². The predicted octanol–water partition coefficient (Wildman–Crippen LogP) is 2.90. The van der Waals surface area contributed by atoms with E-state index >= 15 is 0 Å². The van der Waals surface area contributed by atoms with E-state index in [9.17, 15) is 5.11 Å². The first-order valence-corrected chi connectivity index (χ1v) is 8.42. The fraction of sp³-hybridized carbons (Fsp3) is 0.353. The molecule has 2 rings (SSSR count). The fourth-order valence-electron chi connectivity index (χ4n) is 2.33.